The number of esters is 1. The van der Waals surface area contributed by atoms with Crippen molar-refractivity contribution in [3.05, 3.63) is 70.4 Å². The average Bonchev–Trinajstić information content (AvgIpc) is 2.88. The molecule has 0 bridgehead atoms. The van der Waals surface area contributed by atoms with Crippen molar-refractivity contribution in [2.24, 2.45) is 4.99 Å². The fourth-order valence-electron chi connectivity index (χ4n) is 3.40. The number of amides is 2. The molecule has 2 aromatic rings. The van der Waals surface area contributed by atoms with Crippen molar-refractivity contribution in [1.82, 2.24) is 10.6 Å². The number of para-hydroxylation sites is 2. The van der Waals surface area contributed by atoms with E-state index in [9.17, 15) is 14.4 Å². The van der Waals surface area contributed by atoms with Gasteiger partial charge in [-0.05, 0) is 43.7 Å². The molecular weight excluding hydrogens is 444 g/mol. The van der Waals surface area contributed by atoms with Gasteiger partial charge in [-0.2, -0.15) is 0 Å². The van der Waals surface area contributed by atoms with Crippen molar-refractivity contribution in [1.29, 1.82) is 0 Å². The number of amidine groups is 1. The zero-order valence-electron chi connectivity index (χ0n) is 18.6. The molecule has 1 heterocycles. The minimum Gasteiger partial charge on any atom is -0.462 e. The maximum absolute atomic E-state index is 13.0. The fourth-order valence-corrected chi connectivity index (χ4v) is 3.53. The first-order chi connectivity index (χ1) is 15.8. The number of anilines is 1. The Bertz CT molecular complexity index is 1130. The monoisotopic (exact) mass is 468 g/mol. The molecule has 33 heavy (non-hydrogen) atoms. The van der Waals surface area contributed by atoms with Crippen LogP contribution in [0.5, 0.6) is 0 Å². The maximum atomic E-state index is 13.0. The number of halogens is 1. The van der Waals surface area contributed by atoms with E-state index in [0.29, 0.717) is 22.1 Å². The first kappa shape index (κ1) is 24.0. The predicted molar refractivity (Wildman–Crippen MR) is 127 cm³/mol. The minimum atomic E-state index is -0.606. The summed E-state index contributed by atoms with van der Waals surface area (Å²) in [6.45, 7) is 4.96. The van der Waals surface area contributed by atoms with Gasteiger partial charge in [-0.3, -0.25) is 9.59 Å². The van der Waals surface area contributed by atoms with E-state index in [2.05, 4.69) is 20.9 Å². The molecule has 0 radical (unpaired) electrons. The third-order valence-electron chi connectivity index (χ3n) is 4.85. The summed E-state index contributed by atoms with van der Waals surface area (Å²) in [5.74, 6) is -1.25. The van der Waals surface area contributed by atoms with Gasteiger partial charge in [0.05, 0.1) is 30.4 Å². The number of carbonyl (C=O) groups is 3. The molecule has 3 N–H and O–H groups in total. The van der Waals surface area contributed by atoms with Crippen LogP contribution in [-0.2, 0) is 19.1 Å². The summed E-state index contributed by atoms with van der Waals surface area (Å²) in [6.07, 6.45) is -0.0789. The lowest BCUT2D eigenvalue weighted by atomic mass is 10.0. The molecule has 3 rings (SSSR count). The van der Waals surface area contributed by atoms with Crippen LogP contribution in [0.15, 0.2) is 64.8 Å². The van der Waals surface area contributed by atoms with Gasteiger partial charge in [0, 0.05) is 17.6 Å². The number of rotatable bonds is 6. The van der Waals surface area contributed by atoms with Crippen LogP contribution in [0.25, 0.3) is 0 Å². The number of ether oxygens (including phenoxy) is 1. The Kier molecular flexibility index (Phi) is 7.84. The summed E-state index contributed by atoms with van der Waals surface area (Å²) in [5, 5.41) is 9.22. The van der Waals surface area contributed by atoms with Gasteiger partial charge in [-0.15, -0.1) is 0 Å². The van der Waals surface area contributed by atoms with Crippen molar-refractivity contribution < 1.29 is 19.1 Å². The predicted octanol–water partition coefficient (Wildman–Crippen LogP) is 4.02. The van der Waals surface area contributed by atoms with E-state index >= 15 is 0 Å². The molecule has 2 amide bonds. The number of hydrogen-bond donors (Lipinski definition) is 3. The number of allylic oxidation sites excluding steroid dienone is 1. The highest BCUT2D eigenvalue weighted by molar-refractivity contribution is 6.30. The van der Waals surface area contributed by atoms with Crippen LogP contribution in [-0.4, -0.2) is 30.2 Å². The van der Waals surface area contributed by atoms with Crippen molar-refractivity contribution >= 4 is 46.6 Å². The molecule has 2 aromatic carbocycles. The van der Waals surface area contributed by atoms with Crippen LogP contribution in [0, 0.1) is 0 Å². The van der Waals surface area contributed by atoms with E-state index in [1.807, 2.05) is 18.2 Å². The van der Waals surface area contributed by atoms with Crippen LogP contribution < -0.4 is 16.0 Å². The molecule has 1 atom stereocenters. The molecule has 8 nitrogen and oxygen atoms in total. The second-order valence-corrected chi connectivity index (χ2v) is 7.82. The molecule has 0 saturated carbocycles. The third kappa shape index (κ3) is 6.20. The number of nitrogens with one attached hydrogen (secondary N) is 3. The van der Waals surface area contributed by atoms with Gasteiger partial charge >= 0.3 is 5.97 Å². The summed E-state index contributed by atoms with van der Waals surface area (Å²) in [5.41, 5.74) is 2.59. The molecule has 0 fully saturated rings. The summed E-state index contributed by atoms with van der Waals surface area (Å²) in [7, 11) is 0. The van der Waals surface area contributed by atoms with Gasteiger partial charge in [-0.1, -0.05) is 35.9 Å². The molecule has 0 spiro atoms. The lowest BCUT2D eigenvalue weighted by molar-refractivity contribution is -0.137. The number of hydrogen-bond acceptors (Lipinski definition) is 6. The van der Waals surface area contributed by atoms with Gasteiger partial charge in [-0.25, -0.2) is 9.79 Å². The molecule has 0 aromatic heterocycles. The van der Waals surface area contributed by atoms with Crippen LogP contribution in [0.1, 0.15) is 38.8 Å². The van der Waals surface area contributed by atoms with Gasteiger partial charge in [0.15, 0.2) is 0 Å². The van der Waals surface area contributed by atoms with Gasteiger partial charge in [0.2, 0.25) is 11.8 Å². The number of carbonyl (C=O) groups excluding carboxylic acids is 3. The fraction of sp³-hybridized carbons (Fsp3) is 0.250. The molecule has 1 aliphatic rings. The lowest BCUT2D eigenvalue weighted by Crippen LogP contribution is -2.38. The SMILES string of the molecule is CCOC(=O)C1=C(C)Nc2ccccc2N=C1NC(=O)CC(NC(C)=O)c1ccc(Cl)cc1. The Balaban J connectivity index is 1.91. The van der Waals surface area contributed by atoms with E-state index in [0.717, 1.165) is 5.56 Å². The van der Waals surface area contributed by atoms with Crippen molar-refractivity contribution in [3.8, 4) is 0 Å². The largest absolute Gasteiger partial charge is 0.462 e. The van der Waals surface area contributed by atoms with E-state index in [1.54, 1.807) is 44.2 Å². The lowest BCUT2D eigenvalue weighted by Gasteiger charge is -2.19. The minimum absolute atomic E-state index is 0.0751. The second kappa shape index (κ2) is 10.8. The standard InChI is InChI=1S/C24H25ClN4O4/c1-4-33-24(32)22-14(2)26-18-7-5-6-8-19(18)28-23(22)29-21(31)13-20(27-15(3)30)16-9-11-17(25)12-10-16/h5-12,20,26H,4,13H2,1-3H3,(H,27,30)(H,28,29,31). The Morgan fingerprint density at radius 1 is 1.12 bits per heavy atom. The molecule has 0 saturated heterocycles. The van der Waals surface area contributed by atoms with Gasteiger partial charge in [0.25, 0.3) is 0 Å². The molecule has 0 aliphatic carbocycles. The Labute approximate surface area is 197 Å². The third-order valence-corrected chi connectivity index (χ3v) is 5.10. The summed E-state index contributed by atoms with van der Waals surface area (Å²) in [4.78, 5) is 42.0. The molecule has 172 valence electrons. The molecule has 1 aliphatic heterocycles. The van der Waals surface area contributed by atoms with Crippen LogP contribution in [0.4, 0.5) is 11.4 Å². The summed E-state index contributed by atoms with van der Waals surface area (Å²) < 4.78 is 5.19. The number of benzene rings is 2. The smallest absolute Gasteiger partial charge is 0.343 e. The Morgan fingerprint density at radius 3 is 2.48 bits per heavy atom. The van der Waals surface area contributed by atoms with Crippen molar-refractivity contribution in [2.45, 2.75) is 33.2 Å². The zero-order chi connectivity index (χ0) is 24.0. The normalized spacial score (nSPS) is 13.6. The van der Waals surface area contributed by atoms with Crippen LogP contribution >= 0.6 is 11.6 Å². The topological polar surface area (TPSA) is 109 Å². The van der Waals surface area contributed by atoms with E-state index < -0.39 is 17.9 Å². The quantitative estimate of drug-likeness (QED) is 0.555. The number of fused-ring (bicyclic) bond motifs is 1. The Morgan fingerprint density at radius 2 is 1.82 bits per heavy atom. The van der Waals surface area contributed by atoms with Crippen molar-refractivity contribution in [3.63, 3.8) is 0 Å². The van der Waals surface area contributed by atoms with Crippen LogP contribution in [0.3, 0.4) is 0 Å². The highest BCUT2D eigenvalue weighted by atomic mass is 35.5. The summed E-state index contributed by atoms with van der Waals surface area (Å²) >= 11 is 5.96. The average molecular weight is 469 g/mol. The zero-order valence-corrected chi connectivity index (χ0v) is 19.3. The first-order valence-corrected chi connectivity index (χ1v) is 10.8. The number of nitrogens with zero attached hydrogens (tertiary/aromatic N) is 1. The highest BCUT2D eigenvalue weighted by Crippen LogP contribution is 2.30. The molecule has 9 heteroatoms. The molecule has 1 unspecified atom stereocenters. The van der Waals surface area contributed by atoms with Crippen molar-refractivity contribution in [2.75, 3.05) is 11.9 Å². The molecular formula is C24H25ClN4O4. The maximum Gasteiger partial charge on any atom is 0.343 e. The van der Waals surface area contributed by atoms with Gasteiger partial charge in [0.1, 0.15) is 11.4 Å². The van der Waals surface area contributed by atoms with E-state index in [4.69, 9.17) is 16.3 Å². The highest BCUT2D eigenvalue weighted by Gasteiger charge is 2.27. The first-order valence-electron chi connectivity index (χ1n) is 10.4. The van der Waals surface area contributed by atoms with E-state index in [-0.39, 0.29) is 30.3 Å². The summed E-state index contributed by atoms with van der Waals surface area (Å²) in [6, 6.07) is 13.5. The number of aliphatic imine (C=N–C) groups is 1. The van der Waals surface area contributed by atoms with Crippen LogP contribution in [0.2, 0.25) is 5.02 Å². The van der Waals surface area contributed by atoms with E-state index in [1.165, 1.54) is 6.92 Å². The Hall–Kier alpha value is -3.65. The second-order valence-electron chi connectivity index (χ2n) is 7.38. The van der Waals surface area contributed by atoms with Gasteiger partial charge < -0.3 is 20.7 Å².